The average Bonchev–Trinajstić information content (AvgIpc) is 3.25. The molecule has 180 valence electrons. The molecule has 1 aromatic heterocycles. The third-order valence-corrected chi connectivity index (χ3v) is 6.06. The Morgan fingerprint density at radius 3 is 2.76 bits per heavy atom. The van der Waals surface area contributed by atoms with Crippen LogP contribution < -0.4 is 10.1 Å². The van der Waals surface area contributed by atoms with Crippen LogP contribution in [0.3, 0.4) is 0 Å². The van der Waals surface area contributed by atoms with Crippen molar-refractivity contribution in [3.63, 3.8) is 0 Å². The fourth-order valence-electron chi connectivity index (χ4n) is 3.99. The van der Waals surface area contributed by atoms with E-state index in [9.17, 15) is 9.18 Å². The highest BCUT2D eigenvalue weighted by Gasteiger charge is 2.19. The Balaban J connectivity index is 1.29. The van der Waals surface area contributed by atoms with Gasteiger partial charge in [0, 0.05) is 32.3 Å². The SMILES string of the molecule is Cc1c(C(=O)NCc2cccc(OCCN(C)C3CCOCC3)c2)nnn1-c1ccc(F)cc1. The smallest absolute Gasteiger partial charge is 0.274 e. The second-order valence-electron chi connectivity index (χ2n) is 8.41. The van der Waals surface area contributed by atoms with Crippen LogP contribution in [0.4, 0.5) is 4.39 Å². The molecule has 0 atom stereocenters. The number of hydrogen-bond donors (Lipinski definition) is 1. The Morgan fingerprint density at radius 2 is 2.00 bits per heavy atom. The number of rotatable bonds is 9. The lowest BCUT2D eigenvalue weighted by molar-refractivity contribution is 0.0392. The van der Waals surface area contributed by atoms with Crippen LogP contribution in [0.5, 0.6) is 5.75 Å². The predicted molar refractivity (Wildman–Crippen MR) is 126 cm³/mol. The van der Waals surface area contributed by atoms with Crippen LogP contribution in [0.2, 0.25) is 0 Å². The lowest BCUT2D eigenvalue weighted by Gasteiger charge is -2.31. The summed E-state index contributed by atoms with van der Waals surface area (Å²) >= 11 is 0. The van der Waals surface area contributed by atoms with Crippen LogP contribution in [0.15, 0.2) is 48.5 Å². The van der Waals surface area contributed by atoms with E-state index in [1.54, 1.807) is 19.1 Å². The van der Waals surface area contributed by atoms with Gasteiger partial charge in [0.05, 0.1) is 11.4 Å². The van der Waals surface area contributed by atoms with Gasteiger partial charge in [-0.2, -0.15) is 0 Å². The zero-order chi connectivity index (χ0) is 23.9. The number of carbonyl (C=O) groups excluding carboxylic acids is 1. The first kappa shape index (κ1) is 23.8. The van der Waals surface area contributed by atoms with Crippen molar-refractivity contribution < 1.29 is 18.7 Å². The number of amides is 1. The molecule has 0 saturated carbocycles. The summed E-state index contributed by atoms with van der Waals surface area (Å²) in [4.78, 5) is 15.0. The van der Waals surface area contributed by atoms with Gasteiger partial charge in [0.15, 0.2) is 5.69 Å². The van der Waals surface area contributed by atoms with E-state index in [4.69, 9.17) is 9.47 Å². The second kappa shape index (κ2) is 11.2. The van der Waals surface area contributed by atoms with E-state index in [-0.39, 0.29) is 17.4 Å². The fourth-order valence-corrected chi connectivity index (χ4v) is 3.99. The van der Waals surface area contributed by atoms with Crippen LogP contribution in [0.25, 0.3) is 5.69 Å². The maximum atomic E-state index is 13.2. The van der Waals surface area contributed by atoms with Crippen LogP contribution >= 0.6 is 0 Å². The van der Waals surface area contributed by atoms with Crippen molar-refractivity contribution in [3.8, 4) is 11.4 Å². The summed E-state index contributed by atoms with van der Waals surface area (Å²) in [5.74, 6) is 0.109. The Bertz CT molecular complexity index is 1100. The molecule has 1 amide bonds. The molecule has 8 nitrogen and oxygen atoms in total. The van der Waals surface area contributed by atoms with Gasteiger partial charge >= 0.3 is 0 Å². The van der Waals surface area contributed by atoms with Gasteiger partial charge in [-0.15, -0.1) is 5.10 Å². The zero-order valence-electron chi connectivity index (χ0n) is 19.5. The lowest BCUT2D eigenvalue weighted by Crippen LogP contribution is -2.38. The zero-order valence-corrected chi connectivity index (χ0v) is 19.5. The molecule has 9 heteroatoms. The predicted octanol–water partition coefficient (Wildman–Crippen LogP) is 3.13. The van der Waals surface area contributed by atoms with Gasteiger partial charge in [-0.25, -0.2) is 9.07 Å². The third-order valence-electron chi connectivity index (χ3n) is 6.06. The number of halogens is 1. The molecule has 1 fully saturated rings. The number of carbonyl (C=O) groups is 1. The average molecular weight is 468 g/mol. The molecule has 1 aliphatic rings. The van der Waals surface area contributed by atoms with E-state index in [0.29, 0.717) is 30.6 Å². The molecule has 2 aromatic carbocycles. The summed E-state index contributed by atoms with van der Waals surface area (Å²) in [6, 6.07) is 14.1. The summed E-state index contributed by atoms with van der Waals surface area (Å²) in [6.45, 7) is 5.17. The topological polar surface area (TPSA) is 81.5 Å². The number of likely N-dealkylation sites (N-methyl/N-ethyl adjacent to an activating group) is 1. The summed E-state index contributed by atoms with van der Waals surface area (Å²) < 4.78 is 26.1. The Morgan fingerprint density at radius 1 is 1.24 bits per heavy atom. The van der Waals surface area contributed by atoms with Gasteiger partial charge in [0.25, 0.3) is 5.91 Å². The molecule has 0 bridgehead atoms. The first-order chi connectivity index (χ1) is 16.5. The molecular weight excluding hydrogens is 437 g/mol. The van der Waals surface area contributed by atoms with Crippen LogP contribution in [-0.4, -0.2) is 65.3 Å². The van der Waals surface area contributed by atoms with Gasteiger partial charge in [0.2, 0.25) is 0 Å². The molecule has 0 spiro atoms. The van der Waals surface area contributed by atoms with Gasteiger partial charge in [-0.1, -0.05) is 17.3 Å². The van der Waals surface area contributed by atoms with Crippen molar-refractivity contribution in [2.75, 3.05) is 33.4 Å². The molecule has 0 unspecified atom stereocenters. The van der Waals surface area contributed by atoms with E-state index < -0.39 is 0 Å². The molecule has 34 heavy (non-hydrogen) atoms. The van der Waals surface area contributed by atoms with Crippen molar-refractivity contribution >= 4 is 5.91 Å². The van der Waals surface area contributed by atoms with Crippen molar-refractivity contribution in [1.29, 1.82) is 0 Å². The van der Waals surface area contributed by atoms with Crippen LogP contribution in [-0.2, 0) is 11.3 Å². The maximum Gasteiger partial charge on any atom is 0.274 e. The Hall–Kier alpha value is -3.30. The highest BCUT2D eigenvalue weighted by molar-refractivity contribution is 5.93. The number of nitrogens with zero attached hydrogens (tertiary/aromatic N) is 4. The molecule has 1 N–H and O–H groups in total. The maximum absolute atomic E-state index is 13.2. The van der Waals surface area contributed by atoms with Gasteiger partial charge in [-0.05, 0) is 68.8 Å². The molecule has 0 radical (unpaired) electrons. The minimum Gasteiger partial charge on any atom is -0.492 e. The van der Waals surface area contributed by atoms with Crippen molar-refractivity contribution in [2.24, 2.45) is 0 Å². The largest absolute Gasteiger partial charge is 0.492 e. The second-order valence-corrected chi connectivity index (χ2v) is 8.41. The van der Waals surface area contributed by atoms with E-state index in [1.165, 1.54) is 16.8 Å². The molecule has 2 heterocycles. The number of aromatic nitrogens is 3. The first-order valence-corrected chi connectivity index (χ1v) is 11.5. The van der Waals surface area contributed by atoms with Crippen molar-refractivity contribution in [2.45, 2.75) is 32.4 Å². The first-order valence-electron chi connectivity index (χ1n) is 11.5. The van der Waals surface area contributed by atoms with Gasteiger partial charge in [0.1, 0.15) is 18.2 Å². The minimum atomic E-state index is -0.336. The highest BCUT2D eigenvalue weighted by Crippen LogP contribution is 2.16. The van der Waals surface area contributed by atoms with E-state index in [0.717, 1.165) is 43.9 Å². The number of hydrogen-bond acceptors (Lipinski definition) is 6. The quantitative estimate of drug-likeness (QED) is 0.521. The van der Waals surface area contributed by atoms with Crippen molar-refractivity contribution in [1.82, 2.24) is 25.2 Å². The standard InChI is InChI=1S/C25H30FN5O3/c1-18-24(28-29-31(18)22-8-6-20(26)7-9-22)25(32)27-17-19-4-3-5-23(16-19)34-15-12-30(2)21-10-13-33-14-11-21/h3-9,16,21H,10-15,17H2,1-2H3,(H,27,32). The van der Waals surface area contributed by atoms with Crippen LogP contribution in [0, 0.1) is 12.7 Å². The molecule has 0 aliphatic carbocycles. The summed E-state index contributed by atoms with van der Waals surface area (Å²) in [6.07, 6.45) is 2.12. The third kappa shape index (κ3) is 5.98. The monoisotopic (exact) mass is 467 g/mol. The van der Waals surface area contributed by atoms with Crippen LogP contribution in [0.1, 0.15) is 34.6 Å². The number of benzene rings is 2. The summed E-state index contributed by atoms with van der Waals surface area (Å²) in [5.41, 5.74) is 2.37. The minimum absolute atomic E-state index is 0.230. The highest BCUT2D eigenvalue weighted by atomic mass is 19.1. The Kier molecular flexibility index (Phi) is 7.87. The summed E-state index contributed by atoms with van der Waals surface area (Å²) in [7, 11) is 2.12. The number of ether oxygens (including phenoxy) is 2. The molecule has 3 aromatic rings. The molecule has 1 saturated heterocycles. The van der Waals surface area contributed by atoms with E-state index >= 15 is 0 Å². The molecule has 1 aliphatic heterocycles. The molecule has 4 rings (SSSR count). The van der Waals surface area contributed by atoms with Gasteiger partial charge in [-0.3, -0.25) is 9.69 Å². The van der Waals surface area contributed by atoms with E-state index in [2.05, 4.69) is 27.6 Å². The molecular formula is C25H30FN5O3. The van der Waals surface area contributed by atoms with E-state index in [1.807, 2.05) is 24.3 Å². The van der Waals surface area contributed by atoms with Gasteiger partial charge < -0.3 is 14.8 Å². The lowest BCUT2D eigenvalue weighted by atomic mass is 10.1. The Labute approximate surface area is 198 Å². The summed E-state index contributed by atoms with van der Waals surface area (Å²) in [5, 5.41) is 10.9. The number of nitrogens with one attached hydrogen (secondary N) is 1. The normalized spacial score (nSPS) is 14.4. The van der Waals surface area contributed by atoms with Crippen molar-refractivity contribution in [3.05, 3.63) is 71.3 Å². The fraction of sp³-hybridized carbons (Fsp3) is 0.400.